The maximum Gasteiger partial charge on any atom is 0.121 e. The highest BCUT2D eigenvalue weighted by molar-refractivity contribution is 9.10. The topological polar surface area (TPSA) is 53.1 Å². The molecule has 2 aromatic rings. The number of ether oxygens (including phenoxy) is 1. The van der Waals surface area contributed by atoms with E-state index in [-0.39, 0.29) is 12.1 Å². The molecule has 102 valence electrons. The Morgan fingerprint density at radius 1 is 1.47 bits per heavy atom. The number of benzene rings is 1. The van der Waals surface area contributed by atoms with Gasteiger partial charge in [-0.2, -0.15) is 5.10 Å². The quantitative estimate of drug-likeness (QED) is 0.926. The lowest BCUT2D eigenvalue weighted by Crippen LogP contribution is -2.30. The average molecular weight is 345 g/mol. The van der Waals surface area contributed by atoms with Crippen molar-refractivity contribution in [2.75, 3.05) is 0 Å². The van der Waals surface area contributed by atoms with Crippen molar-refractivity contribution in [3.63, 3.8) is 0 Å². The van der Waals surface area contributed by atoms with Crippen LogP contribution in [0.2, 0.25) is 5.02 Å². The highest BCUT2D eigenvalue weighted by atomic mass is 79.9. The van der Waals surface area contributed by atoms with E-state index >= 15 is 0 Å². The molecule has 0 spiro atoms. The number of nitrogens with zero attached hydrogens (tertiary/aromatic N) is 2. The zero-order valence-electron chi connectivity index (χ0n) is 10.7. The largest absolute Gasteiger partial charge is 0.489 e. The molecule has 2 N–H and O–H groups in total. The van der Waals surface area contributed by atoms with Gasteiger partial charge >= 0.3 is 0 Å². The van der Waals surface area contributed by atoms with Crippen molar-refractivity contribution in [2.45, 2.75) is 19.1 Å². The van der Waals surface area contributed by atoms with E-state index in [2.05, 4.69) is 21.0 Å². The van der Waals surface area contributed by atoms with Crippen LogP contribution in [-0.4, -0.2) is 15.9 Å². The minimum atomic E-state index is -0.291. The van der Waals surface area contributed by atoms with Crippen molar-refractivity contribution in [3.05, 3.63) is 45.7 Å². The summed E-state index contributed by atoms with van der Waals surface area (Å²) in [5, 5.41) is 4.79. The number of rotatable bonds is 4. The van der Waals surface area contributed by atoms with E-state index in [1.54, 1.807) is 23.0 Å². The van der Waals surface area contributed by atoms with E-state index in [0.29, 0.717) is 10.8 Å². The molecule has 0 saturated carbocycles. The Balaban J connectivity index is 2.14. The Labute approximate surface area is 125 Å². The molecule has 0 saturated heterocycles. The monoisotopic (exact) mass is 343 g/mol. The van der Waals surface area contributed by atoms with Crippen LogP contribution in [0, 0.1) is 0 Å². The van der Waals surface area contributed by atoms with Crippen molar-refractivity contribution < 1.29 is 4.74 Å². The van der Waals surface area contributed by atoms with Gasteiger partial charge in [-0.15, -0.1) is 0 Å². The Morgan fingerprint density at radius 3 is 2.79 bits per heavy atom. The molecule has 1 heterocycles. The molecule has 2 atom stereocenters. The van der Waals surface area contributed by atoms with Crippen LogP contribution >= 0.6 is 27.5 Å². The van der Waals surface area contributed by atoms with E-state index in [1.807, 2.05) is 26.1 Å². The van der Waals surface area contributed by atoms with E-state index in [9.17, 15) is 0 Å². The molecule has 0 aliphatic heterocycles. The van der Waals surface area contributed by atoms with Crippen LogP contribution in [0.1, 0.15) is 18.7 Å². The third-order valence-electron chi connectivity index (χ3n) is 2.88. The average Bonchev–Trinajstić information content (AvgIpc) is 2.68. The van der Waals surface area contributed by atoms with Crippen LogP contribution < -0.4 is 10.5 Å². The summed E-state index contributed by atoms with van der Waals surface area (Å²) in [6.07, 6.45) is 1.52. The number of aromatic nitrogens is 2. The lowest BCUT2D eigenvalue weighted by atomic mass is 10.1. The lowest BCUT2D eigenvalue weighted by molar-refractivity contribution is 0.186. The second-order valence-electron chi connectivity index (χ2n) is 4.31. The van der Waals surface area contributed by atoms with Crippen molar-refractivity contribution in [2.24, 2.45) is 12.8 Å². The summed E-state index contributed by atoms with van der Waals surface area (Å²) >= 11 is 9.37. The highest BCUT2D eigenvalue weighted by Gasteiger charge is 2.22. The second kappa shape index (κ2) is 5.94. The Bertz CT molecular complexity index is 553. The molecular formula is C13H15BrClN3O. The number of halogens is 2. The third kappa shape index (κ3) is 3.29. The molecule has 0 bridgehead atoms. The molecule has 2 rings (SSSR count). The van der Waals surface area contributed by atoms with E-state index < -0.39 is 0 Å². The molecule has 6 heteroatoms. The van der Waals surface area contributed by atoms with Gasteiger partial charge in [-0.05, 0) is 41.1 Å². The van der Waals surface area contributed by atoms with Crippen LogP contribution in [-0.2, 0) is 7.05 Å². The molecule has 4 nitrogen and oxygen atoms in total. The molecule has 0 radical (unpaired) electrons. The summed E-state index contributed by atoms with van der Waals surface area (Å²) < 4.78 is 8.44. The summed E-state index contributed by atoms with van der Waals surface area (Å²) in [7, 11) is 1.85. The van der Waals surface area contributed by atoms with Gasteiger partial charge in [0.05, 0.1) is 22.4 Å². The van der Waals surface area contributed by atoms with E-state index in [4.69, 9.17) is 22.1 Å². The molecule has 2 unspecified atom stereocenters. The fraction of sp³-hybridized carbons (Fsp3) is 0.308. The van der Waals surface area contributed by atoms with Crippen molar-refractivity contribution in [1.29, 1.82) is 0 Å². The third-order valence-corrected chi connectivity index (χ3v) is 3.72. The molecule has 1 aromatic heterocycles. The first-order valence-electron chi connectivity index (χ1n) is 5.84. The number of hydrogen-bond acceptors (Lipinski definition) is 3. The van der Waals surface area contributed by atoms with Gasteiger partial charge in [0.1, 0.15) is 11.9 Å². The summed E-state index contributed by atoms with van der Waals surface area (Å²) in [4.78, 5) is 0. The minimum Gasteiger partial charge on any atom is -0.489 e. The van der Waals surface area contributed by atoms with Gasteiger partial charge in [0.15, 0.2) is 0 Å². The van der Waals surface area contributed by atoms with Gasteiger partial charge in [-0.25, -0.2) is 0 Å². The van der Waals surface area contributed by atoms with E-state index in [1.165, 1.54) is 0 Å². The van der Waals surface area contributed by atoms with E-state index in [0.717, 1.165) is 10.2 Å². The van der Waals surface area contributed by atoms with Gasteiger partial charge in [0, 0.05) is 12.1 Å². The zero-order valence-corrected chi connectivity index (χ0v) is 13.0. The molecule has 0 amide bonds. The first kappa shape index (κ1) is 14.4. The standard InChI is InChI=1S/C13H15BrClN3O/c1-8(19-10-5-3-4-9(15)6-10)12(16)13-11(14)7-17-18(13)2/h3-8,12H,16H2,1-2H3. The van der Waals surface area contributed by atoms with Gasteiger partial charge in [-0.3, -0.25) is 4.68 Å². The minimum absolute atomic E-state index is 0.204. The van der Waals surface area contributed by atoms with Gasteiger partial charge in [-0.1, -0.05) is 17.7 Å². The fourth-order valence-electron chi connectivity index (χ4n) is 1.85. The summed E-state index contributed by atoms with van der Waals surface area (Å²) in [5.41, 5.74) is 7.12. The fourth-order valence-corrected chi connectivity index (χ4v) is 2.64. The maximum atomic E-state index is 6.22. The van der Waals surface area contributed by atoms with Crippen LogP contribution in [0.4, 0.5) is 0 Å². The Kier molecular flexibility index (Phi) is 4.50. The molecule has 1 aromatic carbocycles. The van der Waals surface area contributed by atoms with Gasteiger partial charge in [0.2, 0.25) is 0 Å². The Morgan fingerprint density at radius 2 is 2.21 bits per heavy atom. The zero-order chi connectivity index (χ0) is 14.0. The SMILES string of the molecule is CC(Oc1cccc(Cl)c1)C(N)c1c(Br)cnn1C. The number of aryl methyl sites for hydroxylation is 1. The molecule has 0 aliphatic rings. The van der Waals surface area contributed by atoms with Crippen molar-refractivity contribution in [3.8, 4) is 5.75 Å². The van der Waals surface area contributed by atoms with Gasteiger partial charge in [0.25, 0.3) is 0 Å². The smallest absolute Gasteiger partial charge is 0.121 e. The summed E-state index contributed by atoms with van der Waals surface area (Å²) in [6, 6.07) is 6.98. The second-order valence-corrected chi connectivity index (χ2v) is 5.60. The van der Waals surface area contributed by atoms with Crippen LogP contribution in [0.25, 0.3) is 0 Å². The molecule has 0 fully saturated rings. The van der Waals surface area contributed by atoms with Crippen molar-refractivity contribution in [1.82, 2.24) is 9.78 Å². The normalized spacial score (nSPS) is 14.2. The van der Waals surface area contributed by atoms with Crippen LogP contribution in [0.15, 0.2) is 34.9 Å². The molecule has 19 heavy (non-hydrogen) atoms. The van der Waals surface area contributed by atoms with Crippen LogP contribution in [0.5, 0.6) is 5.75 Å². The maximum absolute atomic E-state index is 6.22. The first-order valence-corrected chi connectivity index (χ1v) is 7.01. The van der Waals surface area contributed by atoms with Crippen LogP contribution in [0.3, 0.4) is 0 Å². The lowest BCUT2D eigenvalue weighted by Gasteiger charge is -2.22. The Hall–Kier alpha value is -1.04. The van der Waals surface area contributed by atoms with Gasteiger partial charge < -0.3 is 10.5 Å². The number of hydrogen-bond donors (Lipinski definition) is 1. The van der Waals surface area contributed by atoms with Crippen molar-refractivity contribution >= 4 is 27.5 Å². The first-order chi connectivity index (χ1) is 8.99. The predicted molar refractivity (Wildman–Crippen MR) is 79.4 cm³/mol. The number of nitrogens with two attached hydrogens (primary N) is 1. The summed E-state index contributed by atoms with van der Waals surface area (Å²) in [5.74, 6) is 0.703. The molecular weight excluding hydrogens is 330 g/mol. The summed E-state index contributed by atoms with van der Waals surface area (Å²) in [6.45, 7) is 1.92. The predicted octanol–water partition coefficient (Wildman–Crippen LogP) is 3.30. The highest BCUT2D eigenvalue weighted by Crippen LogP contribution is 2.26. The molecule has 0 aliphatic carbocycles.